The van der Waals surface area contributed by atoms with Crippen LogP contribution in [0.15, 0.2) is 24.3 Å². The van der Waals surface area contributed by atoms with Crippen molar-refractivity contribution in [2.24, 2.45) is 0 Å². The van der Waals surface area contributed by atoms with Crippen molar-refractivity contribution >= 4 is 34.1 Å². The van der Waals surface area contributed by atoms with E-state index in [0.717, 1.165) is 25.2 Å². The second kappa shape index (κ2) is 7.16. The topological polar surface area (TPSA) is 66.5 Å². The van der Waals surface area contributed by atoms with Crippen LogP contribution in [0.3, 0.4) is 0 Å². The third-order valence-electron chi connectivity index (χ3n) is 3.43. The SMILES string of the molecule is CN1CCc2nc(NC(=O)NCOc3ccc(Cl)cc3)sc2C1. The average molecular weight is 353 g/mol. The molecule has 6 nitrogen and oxygen atoms in total. The van der Waals surface area contributed by atoms with E-state index in [9.17, 15) is 4.79 Å². The van der Waals surface area contributed by atoms with E-state index in [-0.39, 0.29) is 12.8 Å². The minimum atomic E-state index is -0.335. The number of ether oxygens (including phenoxy) is 1. The van der Waals surface area contributed by atoms with E-state index in [1.165, 1.54) is 16.2 Å². The summed E-state index contributed by atoms with van der Waals surface area (Å²) < 4.78 is 5.41. The Morgan fingerprint density at radius 3 is 3.00 bits per heavy atom. The lowest BCUT2D eigenvalue weighted by atomic mass is 10.2. The van der Waals surface area contributed by atoms with Crippen LogP contribution in [0.1, 0.15) is 10.6 Å². The predicted molar refractivity (Wildman–Crippen MR) is 91.3 cm³/mol. The molecule has 0 radical (unpaired) electrons. The summed E-state index contributed by atoms with van der Waals surface area (Å²) in [5.41, 5.74) is 1.08. The summed E-state index contributed by atoms with van der Waals surface area (Å²) in [7, 11) is 2.08. The minimum absolute atomic E-state index is 0.0707. The number of thiazole rings is 1. The molecule has 2 aromatic rings. The molecule has 8 heteroatoms. The van der Waals surface area contributed by atoms with Gasteiger partial charge in [-0.1, -0.05) is 11.6 Å². The van der Waals surface area contributed by atoms with Crippen molar-refractivity contribution in [3.05, 3.63) is 39.9 Å². The average Bonchev–Trinajstić information content (AvgIpc) is 2.90. The van der Waals surface area contributed by atoms with Gasteiger partial charge in [0.2, 0.25) is 0 Å². The molecule has 1 aromatic carbocycles. The van der Waals surface area contributed by atoms with Crippen molar-refractivity contribution in [2.75, 3.05) is 25.6 Å². The number of rotatable bonds is 4. The summed E-state index contributed by atoms with van der Waals surface area (Å²) in [6, 6.07) is 6.61. The first-order valence-electron chi connectivity index (χ1n) is 7.20. The fourth-order valence-corrected chi connectivity index (χ4v) is 3.44. The molecular weight excluding hydrogens is 336 g/mol. The second-order valence-electron chi connectivity index (χ2n) is 5.25. The highest BCUT2D eigenvalue weighted by Crippen LogP contribution is 2.27. The number of halogens is 1. The number of benzene rings is 1. The van der Waals surface area contributed by atoms with Gasteiger partial charge in [0.05, 0.1) is 5.69 Å². The first-order valence-corrected chi connectivity index (χ1v) is 8.40. The molecule has 0 bridgehead atoms. The largest absolute Gasteiger partial charge is 0.473 e. The Morgan fingerprint density at radius 2 is 2.22 bits per heavy atom. The maximum absolute atomic E-state index is 11.9. The maximum atomic E-state index is 11.9. The summed E-state index contributed by atoms with van der Waals surface area (Å²) in [6.45, 7) is 1.95. The van der Waals surface area contributed by atoms with Gasteiger partial charge in [0.1, 0.15) is 5.75 Å². The number of nitrogens with zero attached hydrogens (tertiary/aromatic N) is 2. The molecule has 1 aromatic heterocycles. The normalized spacial score (nSPS) is 14.2. The standard InChI is InChI=1S/C15H17ClN4O2S/c1-20-7-6-12-13(8-20)23-15(18-12)19-14(21)17-9-22-11-4-2-10(16)3-5-11/h2-5H,6-9H2,1H3,(H2,17,18,19,21). The molecule has 0 spiro atoms. The Labute approximate surface area is 143 Å². The van der Waals surface area contributed by atoms with Crippen LogP contribution in [0.25, 0.3) is 0 Å². The summed E-state index contributed by atoms with van der Waals surface area (Å²) in [5, 5.41) is 6.64. The maximum Gasteiger partial charge on any atom is 0.323 e. The molecule has 23 heavy (non-hydrogen) atoms. The van der Waals surface area contributed by atoms with E-state index in [1.54, 1.807) is 24.3 Å². The van der Waals surface area contributed by atoms with E-state index in [2.05, 4.69) is 27.6 Å². The number of aromatic nitrogens is 1. The van der Waals surface area contributed by atoms with Crippen molar-refractivity contribution in [1.82, 2.24) is 15.2 Å². The van der Waals surface area contributed by atoms with Gasteiger partial charge in [-0.2, -0.15) is 0 Å². The van der Waals surface area contributed by atoms with Crippen LogP contribution in [-0.2, 0) is 13.0 Å². The quantitative estimate of drug-likeness (QED) is 0.830. The van der Waals surface area contributed by atoms with E-state index in [1.807, 2.05) is 0 Å². The third-order valence-corrected chi connectivity index (χ3v) is 4.68. The van der Waals surface area contributed by atoms with Crippen molar-refractivity contribution in [3.8, 4) is 5.75 Å². The molecule has 0 saturated heterocycles. The van der Waals surface area contributed by atoms with Gasteiger partial charge in [0.25, 0.3) is 0 Å². The molecule has 122 valence electrons. The summed E-state index contributed by atoms with van der Waals surface area (Å²) in [5.74, 6) is 0.641. The number of carbonyl (C=O) groups is 1. The van der Waals surface area contributed by atoms with Gasteiger partial charge in [-0.15, -0.1) is 11.3 Å². The first kappa shape index (κ1) is 16.0. The number of urea groups is 1. The van der Waals surface area contributed by atoms with Gasteiger partial charge in [0, 0.05) is 29.4 Å². The monoisotopic (exact) mass is 352 g/mol. The Bertz CT molecular complexity index is 689. The van der Waals surface area contributed by atoms with Crippen LogP contribution in [-0.4, -0.2) is 36.2 Å². The van der Waals surface area contributed by atoms with Gasteiger partial charge >= 0.3 is 6.03 Å². The molecule has 1 aliphatic rings. The highest BCUT2D eigenvalue weighted by molar-refractivity contribution is 7.15. The number of anilines is 1. The van der Waals surface area contributed by atoms with Crippen molar-refractivity contribution in [3.63, 3.8) is 0 Å². The first-order chi connectivity index (χ1) is 11.1. The number of likely N-dealkylation sites (N-methyl/N-ethyl adjacent to an activating group) is 1. The van der Waals surface area contributed by atoms with Crippen LogP contribution in [0.2, 0.25) is 5.02 Å². The van der Waals surface area contributed by atoms with Crippen LogP contribution >= 0.6 is 22.9 Å². The zero-order valence-corrected chi connectivity index (χ0v) is 14.2. The molecule has 3 rings (SSSR count). The highest BCUT2D eigenvalue weighted by Gasteiger charge is 2.18. The number of carbonyl (C=O) groups excluding carboxylic acids is 1. The lowest BCUT2D eigenvalue weighted by Crippen LogP contribution is -2.32. The molecule has 2 N–H and O–H groups in total. The van der Waals surface area contributed by atoms with Gasteiger partial charge < -0.3 is 15.0 Å². The number of amides is 2. The molecule has 0 unspecified atom stereocenters. The van der Waals surface area contributed by atoms with Crippen LogP contribution < -0.4 is 15.4 Å². The lowest BCUT2D eigenvalue weighted by molar-refractivity contribution is 0.234. The Balaban J connectivity index is 1.47. The Hall–Kier alpha value is -1.83. The third kappa shape index (κ3) is 4.34. The molecule has 0 aliphatic carbocycles. The van der Waals surface area contributed by atoms with Gasteiger partial charge in [-0.05, 0) is 31.3 Å². The van der Waals surface area contributed by atoms with Crippen molar-refractivity contribution in [2.45, 2.75) is 13.0 Å². The summed E-state index contributed by atoms with van der Waals surface area (Å²) >= 11 is 7.31. The fraction of sp³-hybridized carbons (Fsp3) is 0.333. The van der Waals surface area contributed by atoms with Gasteiger partial charge in [0.15, 0.2) is 11.9 Å². The lowest BCUT2D eigenvalue weighted by Gasteiger charge is -2.20. The molecule has 0 atom stereocenters. The van der Waals surface area contributed by atoms with Crippen molar-refractivity contribution in [1.29, 1.82) is 0 Å². The number of fused-ring (bicyclic) bond motifs is 1. The zero-order valence-electron chi connectivity index (χ0n) is 12.6. The van der Waals surface area contributed by atoms with Crippen LogP contribution in [0.5, 0.6) is 5.75 Å². The Morgan fingerprint density at radius 1 is 1.43 bits per heavy atom. The van der Waals surface area contributed by atoms with Gasteiger partial charge in [-0.3, -0.25) is 5.32 Å². The van der Waals surface area contributed by atoms with E-state index in [4.69, 9.17) is 16.3 Å². The van der Waals surface area contributed by atoms with E-state index >= 15 is 0 Å². The van der Waals surface area contributed by atoms with Crippen molar-refractivity contribution < 1.29 is 9.53 Å². The van der Waals surface area contributed by atoms with E-state index < -0.39 is 0 Å². The highest BCUT2D eigenvalue weighted by atomic mass is 35.5. The summed E-state index contributed by atoms with van der Waals surface area (Å²) in [4.78, 5) is 19.8. The van der Waals surface area contributed by atoms with E-state index in [0.29, 0.717) is 15.9 Å². The number of hydrogen-bond donors (Lipinski definition) is 2. The Kier molecular flexibility index (Phi) is 5.00. The predicted octanol–water partition coefficient (Wildman–Crippen LogP) is 2.94. The molecule has 2 amide bonds. The molecule has 2 heterocycles. The second-order valence-corrected chi connectivity index (χ2v) is 6.77. The minimum Gasteiger partial charge on any atom is -0.473 e. The van der Waals surface area contributed by atoms with Crippen LogP contribution in [0.4, 0.5) is 9.93 Å². The fourth-order valence-electron chi connectivity index (χ4n) is 2.23. The molecule has 0 saturated carbocycles. The smallest absolute Gasteiger partial charge is 0.323 e. The van der Waals surface area contributed by atoms with Gasteiger partial charge in [-0.25, -0.2) is 9.78 Å². The number of nitrogens with one attached hydrogen (secondary N) is 2. The molecular formula is C15H17ClN4O2S. The summed E-state index contributed by atoms with van der Waals surface area (Å²) in [6.07, 6.45) is 0.922. The molecule has 1 aliphatic heterocycles. The number of hydrogen-bond acceptors (Lipinski definition) is 5. The zero-order chi connectivity index (χ0) is 16.2. The molecule has 0 fully saturated rings. The van der Waals surface area contributed by atoms with Crippen LogP contribution in [0, 0.1) is 0 Å².